The predicted molar refractivity (Wildman–Crippen MR) is 101 cm³/mol. The van der Waals surface area contributed by atoms with Crippen LogP contribution in [0.25, 0.3) is 10.9 Å². The minimum absolute atomic E-state index is 0.0548. The molecule has 3 aromatic rings. The van der Waals surface area contributed by atoms with Gasteiger partial charge in [-0.15, -0.1) is 0 Å². The second-order valence-corrected chi connectivity index (χ2v) is 7.94. The molecule has 8 heteroatoms. The molecule has 0 aliphatic carbocycles. The Kier molecular flexibility index (Phi) is 4.60. The molecule has 0 aliphatic heterocycles. The molecular formula is C18H18N4O3S. The third-order valence-corrected chi connectivity index (χ3v) is 5.13. The molecular weight excluding hydrogens is 352 g/mol. The zero-order chi connectivity index (χ0) is 18.9. The van der Waals surface area contributed by atoms with Gasteiger partial charge in [0, 0.05) is 37.0 Å². The lowest BCUT2D eigenvalue weighted by molar-refractivity contribution is -0.116. The molecule has 0 spiro atoms. The van der Waals surface area contributed by atoms with Gasteiger partial charge in [0.05, 0.1) is 10.4 Å². The highest BCUT2D eigenvalue weighted by Gasteiger charge is 2.11. The van der Waals surface area contributed by atoms with Crippen molar-refractivity contribution in [1.29, 1.82) is 0 Å². The molecule has 0 saturated heterocycles. The van der Waals surface area contributed by atoms with E-state index < -0.39 is 9.84 Å². The van der Waals surface area contributed by atoms with Crippen LogP contribution in [0.2, 0.25) is 0 Å². The largest absolute Gasteiger partial charge is 0.340 e. The standard InChI is InChI=1S/C18H18N4O3S/c1-12(23)22(2)14-6-4-13(5-7-14)21-18-16-10-15(26(3,24)25)8-9-17(16)19-11-20-18/h4-11H,1-3H3,(H,19,20,21). The summed E-state index contributed by atoms with van der Waals surface area (Å²) < 4.78 is 23.6. The molecule has 134 valence electrons. The van der Waals surface area contributed by atoms with Gasteiger partial charge in [-0.25, -0.2) is 18.4 Å². The van der Waals surface area contributed by atoms with Gasteiger partial charge in [0.2, 0.25) is 5.91 Å². The molecule has 0 unspecified atom stereocenters. The molecule has 0 radical (unpaired) electrons. The second-order valence-electron chi connectivity index (χ2n) is 5.92. The summed E-state index contributed by atoms with van der Waals surface area (Å²) in [5, 5.41) is 3.78. The van der Waals surface area contributed by atoms with Gasteiger partial charge in [0.1, 0.15) is 12.1 Å². The van der Waals surface area contributed by atoms with Crippen LogP contribution < -0.4 is 10.2 Å². The topological polar surface area (TPSA) is 92.3 Å². The predicted octanol–water partition coefficient (Wildman–Crippen LogP) is 2.76. The maximum atomic E-state index is 11.8. The van der Waals surface area contributed by atoms with E-state index in [-0.39, 0.29) is 10.8 Å². The van der Waals surface area contributed by atoms with Gasteiger partial charge in [0.15, 0.2) is 9.84 Å². The van der Waals surface area contributed by atoms with E-state index in [4.69, 9.17) is 0 Å². The summed E-state index contributed by atoms with van der Waals surface area (Å²) in [6, 6.07) is 12.0. The first-order valence-corrected chi connectivity index (χ1v) is 9.71. The summed E-state index contributed by atoms with van der Waals surface area (Å²) in [6.45, 7) is 1.50. The van der Waals surface area contributed by atoms with E-state index >= 15 is 0 Å². The molecule has 0 bridgehead atoms. The third kappa shape index (κ3) is 3.65. The molecule has 0 fully saturated rings. The molecule has 0 aliphatic rings. The number of sulfone groups is 1. The van der Waals surface area contributed by atoms with Crippen LogP contribution in [0.1, 0.15) is 6.92 Å². The number of carbonyl (C=O) groups is 1. The third-order valence-electron chi connectivity index (χ3n) is 4.02. The summed E-state index contributed by atoms with van der Waals surface area (Å²) in [4.78, 5) is 21.6. The number of amides is 1. The first-order chi connectivity index (χ1) is 12.3. The molecule has 0 saturated carbocycles. The van der Waals surface area contributed by atoms with Crippen LogP contribution in [-0.2, 0) is 14.6 Å². The van der Waals surface area contributed by atoms with Crippen molar-refractivity contribution in [2.45, 2.75) is 11.8 Å². The number of carbonyl (C=O) groups excluding carboxylic acids is 1. The first kappa shape index (κ1) is 17.8. The fourth-order valence-electron chi connectivity index (χ4n) is 2.45. The van der Waals surface area contributed by atoms with Crippen molar-refractivity contribution in [3.63, 3.8) is 0 Å². The summed E-state index contributed by atoms with van der Waals surface area (Å²) in [7, 11) is -1.62. The highest BCUT2D eigenvalue weighted by atomic mass is 32.2. The van der Waals surface area contributed by atoms with Gasteiger partial charge in [-0.1, -0.05) is 0 Å². The lowest BCUT2D eigenvalue weighted by Gasteiger charge is -2.15. The molecule has 1 N–H and O–H groups in total. The molecule has 26 heavy (non-hydrogen) atoms. The van der Waals surface area contributed by atoms with E-state index in [0.29, 0.717) is 16.7 Å². The zero-order valence-electron chi connectivity index (χ0n) is 14.6. The van der Waals surface area contributed by atoms with E-state index in [0.717, 1.165) is 17.6 Å². The van der Waals surface area contributed by atoms with E-state index in [2.05, 4.69) is 15.3 Å². The highest BCUT2D eigenvalue weighted by molar-refractivity contribution is 7.90. The number of fused-ring (bicyclic) bond motifs is 1. The molecule has 3 rings (SSSR count). The molecule has 7 nitrogen and oxygen atoms in total. The SMILES string of the molecule is CC(=O)N(C)c1ccc(Nc2ncnc3ccc(S(C)(=O)=O)cc23)cc1. The smallest absolute Gasteiger partial charge is 0.223 e. The highest BCUT2D eigenvalue weighted by Crippen LogP contribution is 2.26. The second kappa shape index (κ2) is 6.72. The van der Waals surface area contributed by atoms with Gasteiger partial charge in [-0.2, -0.15) is 0 Å². The van der Waals surface area contributed by atoms with Crippen LogP contribution >= 0.6 is 0 Å². The normalized spacial score (nSPS) is 11.3. The lowest BCUT2D eigenvalue weighted by Crippen LogP contribution is -2.22. The van der Waals surface area contributed by atoms with Gasteiger partial charge in [-0.3, -0.25) is 4.79 Å². The Labute approximate surface area is 151 Å². The van der Waals surface area contributed by atoms with Gasteiger partial charge < -0.3 is 10.2 Å². The Hall–Kier alpha value is -3.00. The Morgan fingerprint density at radius 1 is 1.08 bits per heavy atom. The monoisotopic (exact) mass is 370 g/mol. The average molecular weight is 370 g/mol. The van der Waals surface area contributed by atoms with Crippen molar-refractivity contribution in [2.24, 2.45) is 0 Å². The minimum Gasteiger partial charge on any atom is -0.340 e. The fraction of sp³-hybridized carbons (Fsp3) is 0.167. The number of benzene rings is 2. The quantitative estimate of drug-likeness (QED) is 0.759. The van der Waals surface area contributed by atoms with Crippen LogP contribution in [0.3, 0.4) is 0 Å². The summed E-state index contributed by atoms with van der Waals surface area (Å²) in [6.07, 6.45) is 2.58. The summed E-state index contributed by atoms with van der Waals surface area (Å²) >= 11 is 0. The van der Waals surface area contributed by atoms with Gasteiger partial charge >= 0.3 is 0 Å². The summed E-state index contributed by atoms with van der Waals surface area (Å²) in [5.74, 6) is 0.453. The molecule has 1 heterocycles. The lowest BCUT2D eigenvalue weighted by atomic mass is 10.2. The van der Waals surface area contributed by atoms with E-state index in [1.807, 2.05) is 24.3 Å². The Bertz CT molecular complexity index is 1080. The van der Waals surface area contributed by atoms with Crippen LogP contribution in [-0.4, -0.2) is 37.6 Å². The number of hydrogen-bond acceptors (Lipinski definition) is 6. The van der Waals surface area contributed by atoms with Crippen molar-refractivity contribution in [1.82, 2.24) is 9.97 Å². The van der Waals surface area contributed by atoms with Crippen molar-refractivity contribution < 1.29 is 13.2 Å². The minimum atomic E-state index is -3.33. The van der Waals surface area contributed by atoms with Gasteiger partial charge in [0.25, 0.3) is 0 Å². The number of nitrogens with zero attached hydrogens (tertiary/aromatic N) is 3. The molecule has 1 aromatic heterocycles. The summed E-state index contributed by atoms with van der Waals surface area (Å²) in [5.41, 5.74) is 2.17. The van der Waals surface area contributed by atoms with Crippen LogP contribution in [0, 0.1) is 0 Å². The number of anilines is 3. The molecule has 0 atom stereocenters. The first-order valence-electron chi connectivity index (χ1n) is 7.82. The Balaban J connectivity index is 1.97. The fourth-order valence-corrected chi connectivity index (χ4v) is 3.10. The van der Waals surface area contributed by atoms with Crippen LogP contribution in [0.4, 0.5) is 17.2 Å². The van der Waals surface area contributed by atoms with Gasteiger partial charge in [-0.05, 0) is 42.5 Å². The zero-order valence-corrected chi connectivity index (χ0v) is 15.4. The van der Waals surface area contributed by atoms with Crippen molar-refractivity contribution in [3.05, 3.63) is 48.8 Å². The van der Waals surface area contributed by atoms with E-state index in [9.17, 15) is 13.2 Å². The Morgan fingerprint density at radius 2 is 1.77 bits per heavy atom. The molecule has 2 aromatic carbocycles. The Morgan fingerprint density at radius 3 is 2.38 bits per heavy atom. The van der Waals surface area contributed by atoms with Crippen LogP contribution in [0.5, 0.6) is 0 Å². The number of rotatable bonds is 4. The maximum Gasteiger partial charge on any atom is 0.223 e. The number of hydrogen-bond donors (Lipinski definition) is 1. The van der Waals surface area contributed by atoms with Crippen LogP contribution in [0.15, 0.2) is 53.7 Å². The van der Waals surface area contributed by atoms with E-state index in [1.165, 1.54) is 19.3 Å². The number of nitrogens with one attached hydrogen (secondary N) is 1. The van der Waals surface area contributed by atoms with Crippen molar-refractivity contribution >= 4 is 43.8 Å². The van der Waals surface area contributed by atoms with Crippen molar-refractivity contribution in [3.8, 4) is 0 Å². The number of aromatic nitrogens is 2. The average Bonchev–Trinajstić information content (AvgIpc) is 2.61. The van der Waals surface area contributed by atoms with E-state index in [1.54, 1.807) is 24.1 Å². The van der Waals surface area contributed by atoms with Crippen molar-refractivity contribution in [2.75, 3.05) is 23.5 Å². The molecule has 1 amide bonds. The maximum absolute atomic E-state index is 11.8.